The minimum absolute atomic E-state index is 0.275. The highest BCUT2D eigenvalue weighted by atomic mass is 19.1. The van der Waals surface area contributed by atoms with Crippen LogP contribution in [0.1, 0.15) is 5.56 Å². The predicted molar refractivity (Wildman–Crippen MR) is 94.1 cm³/mol. The Labute approximate surface area is 138 Å². The number of rotatable bonds is 2. The zero-order valence-electron chi connectivity index (χ0n) is 12.8. The summed E-state index contributed by atoms with van der Waals surface area (Å²) in [6, 6.07) is 16.1. The Morgan fingerprint density at radius 1 is 1.00 bits per heavy atom. The number of benzene rings is 2. The zero-order chi connectivity index (χ0) is 16.7. The van der Waals surface area contributed by atoms with Crippen LogP contribution in [0.3, 0.4) is 0 Å². The number of anilines is 1. The maximum absolute atomic E-state index is 13.2. The summed E-state index contributed by atoms with van der Waals surface area (Å²) in [7, 11) is 0. The van der Waals surface area contributed by atoms with Crippen LogP contribution in [0.2, 0.25) is 0 Å². The largest absolute Gasteiger partial charge is 0.383 e. The second-order valence-corrected chi connectivity index (χ2v) is 5.56. The summed E-state index contributed by atoms with van der Waals surface area (Å²) in [4.78, 5) is 0. The quantitative estimate of drug-likeness (QED) is 0.753. The van der Waals surface area contributed by atoms with Gasteiger partial charge in [0.2, 0.25) is 0 Å². The van der Waals surface area contributed by atoms with Gasteiger partial charge in [-0.05, 0) is 23.3 Å². The Balaban J connectivity index is 1.86. The first-order valence-electron chi connectivity index (χ1n) is 7.51. The van der Waals surface area contributed by atoms with Crippen molar-refractivity contribution in [3.63, 3.8) is 0 Å². The number of nitrogens with zero attached hydrogens (tertiary/aromatic N) is 2. The summed E-state index contributed by atoms with van der Waals surface area (Å²) < 4.78 is 14.8. The molecule has 3 N–H and O–H groups in total. The van der Waals surface area contributed by atoms with E-state index < -0.39 is 0 Å². The van der Waals surface area contributed by atoms with E-state index in [0.29, 0.717) is 11.5 Å². The molecule has 2 aromatic carbocycles. The van der Waals surface area contributed by atoms with Crippen LogP contribution in [0.5, 0.6) is 0 Å². The molecule has 0 amide bonds. The molecule has 1 aromatic heterocycles. The maximum Gasteiger partial charge on any atom is 0.143 e. The highest BCUT2D eigenvalue weighted by Crippen LogP contribution is 2.37. The summed E-state index contributed by atoms with van der Waals surface area (Å²) >= 11 is 0. The number of halogens is 1. The van der Waals surface area contributed by atoms with Gasteiger partial charge in [-0.15, -0.1) is 0 Å². The molecule has 118 valence electrons. The van der Waals surface area contributed by atoms with Crippen molar-refractivity contribution < 1.29 is 4.39 Å². The number of nitrogens with two attached hydrogens (primary N) is 1. The summed E-state index contributed by atoms with van der Waals surface area (Å²) in [5.74, 6) is 0.958. The first-order chi connectivity index (χ1) is 11.6. The van der Waals surface area contributed by atoms with Gasteiger partial charge in [-0.3, -0.25) is 0 Å². The molecule has 3 aromatic rings. The molecule has 4 rings (SSSR count). The summed E-state index contributed by atoms with van der Waals surface area (Å²) in [6.07, 6.45) is 1.71. The number of allylic oxidation sites excluding steroid dienone is 1. The van der Waals surface area contributed by atoms with Gasteiger partial charge in [0.15, 0.2) is 0 Å². The van der Waals surface area contributed by atoms with Gasteiger partial charge < -0.3 is 11.1 Å². The van der Waals surface area contributed by atoms with Crippen LogP contribution in [-0.4, -0.2) is 9.78 Å². The molecule has 1 aliphatic rings. The van der Waals surface area contributed by atoms with E-state index in [1.54, 1.807) is 23.0 Å². The maximum atomic E-state index is 13.2. The van der Waals surface area contributed by atoms with Gasteiger partial charge in [0.25, 0.3) is 0 Å². The molecule has 0 fully saturated rings. The molecule has 1 aliphatic heterocycles. The van der Waals surface area contributed by atoms with Crippen LogP contribution < -0.4 is 11.1 Å². The second-order valence-electron chi connectivity index (χ2n) is 5.56. The number of hydrogen-bond acceptors (Lipinski definition) is 3. The lowest BCUT2D eigenvalue weighted by Gasteiger charge is -2.24. The molecule has 0 saturated carbocycles. The molecule has 2 heterocycles. The Hall–Kier alpha value is -3.34. The van der Waals surface area contributed by atoms with Gasteiger partial charge in [-0.25, -0.2) is 9.07 Å². The molecular weight excluding hydrogens is 303 g/mol. The molecule has 0 saturated heterocycles. The number of aromatic nitrogens is 2. The van der Waals surface area contributed by atoms with Crippen LogP contribution in [0, 0.1) is 5.82 Å². The zero-order valence-corrected chi connectivity index (χ0v) is 12.8. The van der Waals surface area contributed by atoms with E-state index in [0.717, 1.165) is 28.1 Å². The SMILES string of the molecule is C=C1Nc2c(-c3ccc(F)cc3)cnn2C(N)=C1c1ccccc1. The minimum atomic E-state index is -0.275. The van der Waals surface area contributed by atoms with Crippen molar-refractivity contribution in [1.29, 1.82) is 0 Å². The van der Waals surface area contributed by atoms with Gasteiger partial charge in [0, 0.05) is 16.8 Å². The van der Waals surface area contributed by atoms with Crippen LogP contribution in [0.15, 0.2) is 73.1 Å². The molecule has 0 unspecified atom stereocenters. The third kappa shape index (κ3) is 2.18. The fourth-order valence-electron chi connectivity index (χ4n) is 2.88. The van der Waals surface area contributed by atoms with E-state index in [1.807, 2.05) is 30.3 Å². The van der Waals surface area contributed by atoms with E-state index >= 15 is 0 Å². The first-order valence-corrected chi connectivity index (χ1v) is 7.51. The third-order valence-electron chi connectivity index (χ3n) is 4.04. The van der Waals surface area contributed by atoms with Crippen LogP contribution >= 0.6 is 0 Å². The highest BCUT2D eigenvalue weighted by Gasteiger charge is 2.24. The monoisotopic (exact) mass is 318 g/mol. The standard InChI is InChI=1S/C19H15FN4/c1-12-17(14-5-3-2-4-6-14)18(21)24-19(23-12)16(11-22-24)13-7-9-15(20)10-8-13/h2-11,23H,1,21H2. The smallest absolute Gasteiger partial charge is 0.143 e. The Morgan fingerprint density at radius 2 is 1.71 bits per heavy atom. The van der Waals surface area contributed by atoms with Crippen molar-refractivity contribution in [2.75, 3.05) is 5.32 Å². The van der Waals surface area contributed by atoms with Gasteiger partial charge >= 0.3 is 0 Å². The lowest BCUT2D eigenvalue weighted by Crippen LogP contribution is -2.21. The summed E-state index contributed by atoms with van der Waals surface area (Å²) in [5.41, 5.74) is 10.5. The van der Waals surface area contributed by atoms with E-state index in [2.05, 4.69) is 17.0 Å². The van der Waals surface area contributed by atoms with Crippen LogP contribution in [0.4, 0.5) is 10.2 Å². The normalized spacial score (nSPS) is 13.6. The van der Waals surface area contributed by atoms with Crippen molar-refractivity contribution in [1.82, 2.24) is 9.78 Å². The van der Waals surface area contributed by atoms with E-state index in [-0.39, 0.29) is 5.82 Å². The van der Waals surface area contributed by atoms with Crippen molar-refractivity contribution in [3.8, 4) is 11.1 Å². The Morgan fingerprint density at radius 3 is 2.42 bits per heavy atom. The van der Waals surface area contributed by atoms with Crippen molar-refractivity contribution in [2.24, 2.45) is 5.73 Å². The minimum Gasteiger partial charge on any atom is -0.383 e. The Bertz CT molecular complexity index is 953. The molecule has 0 spiro atoms. The molecule has 0 radical (unpaired) electrons. The molecule has 5 heteroatoms. The Kier molecular flexibility index (Phi) is 3.20. The average Bonchev–Trinajstić information content (AvgIpc) is 3.00. The topological polar surface area (TPSA) is 55.9 Å². The van der Waals surface area contributed by atoms with Gasteiger partial charge in [-0.1, -0.05) is 49.0 Å². The lowest BCUT2D eigenvalue weighted by molar-refractivity contribution is 0.628. The lowest BCUT2D eigenvalue weighted by atomic mass is 10.0. The average molecular weight is 318 g/mol. The number of hydrogen-bond donors (Lipinski definition) is 2. The molecule has 24 heavy (non-hydrogen) atoms. The fourth-order valence-corrected chi connectivity index (χ4v) is 2.88. The van der Waals surface area contributed by atoms with E-state index in [1.165, 1.54) is 12.1 Å². The van der Waals surface area contributed by atoms with E-state index in [9.17, 15) is 4.39 Å². The number of fused-ring (bicyclic) bond motifs is 1. The van der Waals surface area contributed by atoms with Crippen LogP contribution in [0.25, 0.3) is 22.5 Å². The van der Waals surface area contributed by atoms with E-state index in [4.69, 9.17) is 5.73 Å². The third-order valence-corrected chi connectivity index (χ3v) is 4.04. The molecule has 4 nitrogen and oxygen atoms in total. The number of nitrogens with one attached hydrogen (secondary N) is 1. The molecule has 0 bridgehead atoms. The van der Waals surface area contributed by atoms with Crippen molar-refractivity contribution in [3.05, 3.63) is 84.5 Å². The van der Waals surface area contributed by atoms with Gasteiger partial charge in [0.1, 0.15) is 17.5 Å². The van der Waals surface area contributed by atoms with Gasteiger partial charge in [-0.2, -0.15) is 5.10 Å². The summed E-state index contributed by atoms with van der Waals surface area (Å²) in [5, 5.41) is 7.66. The first kappa shape index (κ1) is 14.3. The van der Waals surface area contributed by atoms with Crippen molar-refractivity contribution in [2.45, 2.75) is 0 Å². The highest BCUT2D eigenvalue weighted by molar-refractivity contribution is 5.98. The van der Waals surface area contributed by atoms with Gasteiger partial charge in [0.05, 0.1) is 6.20 Å². The van der Waals surface area contributed by atoms with Crippen LogP contribution in [-0.2, 0) is 0 Å². The summed E-state index contributed by atoms with van der Waals surface area (Å²) in [6.45, 7) is 4.10. The molecule has 0 atom stereocenters. The fraction of sp³-hybridized carbons (Fsp3) is 0. The second kappa shape index (κ2) is 5.38. The molecule has 0 aliphatic carbocycles. The predicted octanol–water partition coefficient (Wildman–Crippen LogP) is 3.91. The molecular formula is C19H15FN4. The van der Waals surface area contributed by atoms with Crippen molar-refractivity contribution >= 4 is 17.2 Å².